The van der Waals surface area contributed by atoms with Crippen molar-refractivity contribution in [2.45, 2.75) is 53.9 Å². The van der Waals surface area contributed by atoms with Crippen LogP contribution in [0.3, 0.4) is 0 Å². The van der Waals surface area contributed by atoms with E-state index in [1.807, 2.05) is 0 Å². The summed E-state index contributed by atoms with van der Waals surface area (Å²) >= 11 is 0. The molecule has 0 aromatic heterocycles. The van der Waals surface area contributed by atoms with Crippen molar-refractivity contribution >= 4 is 11.8 Å². The van der Waals surface area contributed by atoms with Crippen molar-refractivity contribution in [2.24, 2.45) is 16.8 Å². The Labute approximate surface area is 117 Å². The van der Waals surface area contributed by atoms with Crippen LogP contribution >= 0.6 is 0 Å². The van der Waals surface area contributed by atoms with Crippen molar-refractivity contribution in [2.75, 3.05) is 0 Å². The third kappa shape index (κ3) is 4.65. The molecule has 0 spiro atoms. The molecule has 0 amide bonds. The van der Waals surface area contributed by atoms with Gasteiger partial charge in [0.2, 0.25) is 6.08 Å². The van der Waals surface area contributed by atoms with Crippen LogP contribution in [0, 0.1) is 11.8 Å². The zero-order chi connectivity index (χ0) is 14.4. The first-order valence-corrected chi connectivity index (χ1v) is 7.20. The highest BCUT2D eigenvalue weighted by molar-refractivity contribution is 5.60. The summed E-state index contributed by atoms with van der Waals surface area (Å²) in [5, 5.41) is 0. The van der Waals surface area contributed by atoms with Crippen LogP contribution in [-0.4, -0.2) is 6.08 Å². The largest absolute Gasteiger partial charge is 0.240 e. The van der Waals surface area contributed by atoms with E-state index in [0.717, 1.165) is 30.5 Å². The van der Waals surface area contributed by atoms with E-state index in [-0.39, 0.29) is 0 Å². The second kappa shape index (κ2) is 7.25. The third-order valence-electron chi connectivity index (χ3n) is 3.14. The first-order chi connectivity index (χ1) is 8.97. The molecule has 0 atom stereocenters. The van der Waals surface area contributed by atoms with Crippen LogP contribution in [0.4, 0.5) is 5.69 Å². The number of hydrogen-bond acceptors (Lipinski definition) is 2. The molecule has 0 heterocycles. The Morgan fingerprint density at radius 1 is 1.05 bits per heavy atom. The zero-order valence-electron chi connectivity index (χ0n) is 12.8. The molecule has 0 saturated carbocycles. The van der Waals surface area contributed by atoms with Crippen LogP contribution < -0.4 is 0 Å². The lowest BCUT2D eigenvalue weighted by Gasteiger charge is -2.15. The van der Waals surface area contributed by atoms with Crippen molar-refractivity contribution in [3.05, 3.63) is 28.8 Å². The van der Waals surface area contributed by atoms with Crippen LogP contribution in [0.15, 0.2) is 17.1 Å². The normalized spacial score (nSPS) is 10.9. The Morgan fingerprint density at radius 3 is 2.11 bits per heavy atom. The van der Waals surface area contributed by atoms with Crippen LogP contribution in [-0.2, 0) is 24.1 Å². The van der Waals surface area contributed by atoms with Gasteiger partial charge in [-0.05, 0) is 47.8 Å². The summed E-state index contributed by atoms with van der Waals surface area (Å²) in [6, 6.07) is 4.41. The number of nitrogens with zero attached hydrogens (tertiary/aromatic N) is 1. The molecule has 0 aliphatic rings. The minimum absolute atomic E-state index is 0.555. The van der Waals surface area contributed by atoms with Gasteiger partial charge in [0.15, 0.2) is 0 Å². The molecule has 1 aromatic rings. The minimum Gasteiger partial charge on any atom is -0.211 e. The second-order valence-electron chi connectivity index (χ2n) is 6.02. The first-order valence-electron chi connectivity index (χ1n) is 7.20. The summed E-state index contributed by atoms with van der Waals surface area (Å²) in [6.07, 6.45) is 4.64. The fourth-order valence-corrected chi connectivity index (χ4v) is 2.48. The van der Waals surface area contributed by atoms with E-state index in [2.05, 4.69) is 51.7 Å². The lowest BCUT2D eigenvalue weighted by Crippen LogP contribution is -2.01. The molecule has 0 N–H and O–H groups in total. The van der Waals surface area contributed by atoms with E-state index in [9.17, 15) is 4.79 Å². The van der Waals surface area contributed by atoms with Crippen molar-refractivity contribution in [3.63, 3.8) is 0 Å². The minimum atomic E-state index is 0.555. The average Bonchev–Trinajstić information content (AvgIpc) is 2.30. The summed E-state index contributed by atoms with van der Waals surface area (Å²) in [7, 11) is 0. The highest BCUT2D eigenvalue weighted by Crippen LogP contribution is 2.29. The van der Waals surface area contributed by atoms with E-state index in [0.29, 0.717) is 11.8 Å². The smallest absolute Gasteiger partial charge is 0.211 e. The average molecular weight is 259 g/mol. The van der Waals surface area contributed by atoms with Gasteiger partial charge in [0.05, 0.1) is 5.69 Å². The van der Waals surface area contributed by atoms with Gasteiger partial charge < -0.3 is 0 Å². The molecule has 1 rings (SSSR count). The standard InChI is InChI=1S/C17H25NO/c1-6-15-9-14(7-12(2)3)10-16(8-13(4)5)17(15)18-11-19/h9-10,12-13H,6-8H2,1-5H3. The molecular formula is C17H25NO. The fourth-order valence-electron chi connectivity index (χ4n) is 2.48. The molecule has 0 fully saturated rings. The Kier molecular flexibility index (Phi) is 5.98. The molecular weight excluding hydrogens is 234 g/mol. The number of carbonyl (C=O) groups excluding carboxylic acids is 1. The summed E-state index contributed by atoms with van der Waals surface area (Å²) in [5.41, 5.74) is 4.55. The summed E-state index contributed by atoms with van der Waals surface area (Å²) in [5.74, 6) is 1.19. The maximum absolute atomic E-state index is 10.7. The van der Waals surface area contributed by atoms with Gasteiger partial charge >= 0.3 is 0 Å². The lowest BCUT2D eigenvalue weighted by molar-refractivity contribution is 0.565. The van der Waals surface area contributed by atoms with Crippen molar-refractivity contribution in [1.82, 2.24) is 0 Å². The second-order valence-corrected chi connectivity index (χ2v) is 6.02. The molecule has 19 heavy (non-hydrogen) atoms. The number of hydrogen-bond donors (Lipinski definition) is 0. The maximum Gasteiger partial charge on any atom is 0.240 e. The Morgan fingerprint density at radius 2 is 1.63 bits per heavy atom. The summed E-state index contributed by atoms with van der Waals surface area (Å²) < 4.78 is 0. The predicted octanol–water partition coefficient (Wildman–Crippen LogP) is 4.61. The van der Waals surface area contributed by atoms with Crippen LogP contribution in [0.5, 0.6) is 0 Å². The molecule has 1 aromatic carbocycles. The van der Waals surface area contributed by atoms with Gasteiger partial charge in [0.1, 0.15) is 0 Å². The third-order valence-corrected chi connectivity index (χ3v) is 3.14. The Balaban J connectivity index is 3.31. The van der Waals surface area contributed by atoms with Gasteiger partial charge in [0, 0.05) is 0 Å². The van der Waals surface area contributed by atoms with Gasteiger partial charge in [0.25, 0.3) is 0 Å². The van der Waals surface area contributed by atoms with E-state index in [4.69, 9.17) is 0 Å². The number of aryl methyl sites for hydroxylation is 1. The van der Waals surface area contributed by atoms with E-state index in [1.54, 1.807) is 6.08 Å². The van der Waals surface area contributed by atoms with Crippen molar-refractivity contribution < 1.29 is 4.79 Å². The molecule has 0 unspecified atom stereocenters. The molecule has 0 aliphatic heterocycles. The highest BCUT2D eigenvalue weighted by Gasteiger charge is 2.12. The number of isocyanates is 1. The summed E-state index contributed by atoms with van der Waals surface area (Å²) in [6.45, 7) is 10.9. The molecule has 0 saturated heterocycles. The Hall–Kier alpha value is -1.40. The lowest BCUT2D eigenvalue weighted by atomic mass is 9.92. The highest BCUT2D eigenvalue weighted by atomic mass is 16.1. The van der Waals surface area contributed by atoms with Crippen LogP contribution in [0.1, 0.15) is 51.3 Å². The Bertz CT molecular complexity index is 468. The molecule has 104 valence electrons. The van der Waals surface area contributed by atoms with E-state index in [1.165, 1.54) is 11.1 Å². The van der Waals surface area contributed by atoms with E-state index < -0.39 is 0 Å². The molecule has 0 radical (unpaired) electrons. The number of aliphatic imine (C=N–C) groups is 1. The van der Waals surface area contributed by atoms with Gasteiger partial charge in [-0.2, -0.15) is 4.99 Å². The number of benzene rings is 1. The van der Waals surface area contributed by atoms with Crippen molar-refractivity contribution in [1.29, 1.82) is 0 Å². The topological polar surface area (TPSA) is 29.4 Å². The van der Waals surface area contributed by atoms with E-state index >= 15 is 0 Å². The number of rotatable bonds is 6. The van der Waals surface area contributed by atoms with Crippen LogP contribution in [0.25, 0.3) is 0 Å². The van der Waals surface area contributed by atoms with Crippen molar-refractivity contribution in [3.8, 4) is 0 Å². The molecule has 2 nitrogen and oxygen atoms in total. The predicted molar refractivity (Wildman–Crippen MR) is 80.7 cm³/mol. The fraction of sp³-hybridized carbons (Fsp3) is 0.588. The SMILES string of the molecule is CCc1cc(CC(C)C)cc(CC(C)C)c1N=C=O. The van der Waals surface area contributed by atoms with Gasteiger partial charge in [-0.3, -0.25) is 0 Å². The van der Waals surface area contributed by atoms with Gasteiger partial charge in [-0.25, -0.2) is 4.79 Å². The van der Waals surface area contributed by atoms with Gasteiger partial charge in [-0.15, -0.1) is 0 Å². The summed E-state index contributed by atoms with van der Waals surface area (Å²) in [4.78, 5) is 14.6. The van der Waals surface area contributed by atoms with Gasteiger partial charge in [-0.1, -0.05) is 46.8 Å². The quantitative estimate of drug-likeness (QED) is 0.541. The monoisotopic (exact) mass is 259 g/mol. The zero-order valence-corrected chi connectivity index (χ0v) is 12.8. The molecule has 2 heteroatoms. The first kappa shape index (κ1) is 15.7. The molecule has 0 bridgehead atoms. The van der Waals surface area contributed by atoms with Crippen LogP contribution in [0.2, 0.25) is 0 Å². The maximum atomic E-state index is 10.7. The molecule has 0 aliphatic carbocycles.